The minimum atomic E-state index is 0.628. The van der Waals surface area contributed by atoms with Gasteiger partial charge in [0.15, 0.2) is 5.96 Å². The molecule has 2 atom stereocenters. The predicted molar refractivity (Wildman–Crippen MR) is 84.9 cm³/mol. The van der Waals surface area contributed by atoms with Crippen LogP contribution in [0.1, 0.15) is 52.4 Å². The first-order valence-electron chi connectivity index (χ1n) is 8.58. The van der Waals surface area contributed by atoms with Gasteiger partial charge in [-0.1, -0.05) is 20.3 Å². The number of hydrogen-bond acceptors (Lipinski definition) is 1. The Morgan fingerprint density at radius 2 is 1.85 bits per heavy atom. The second-order valence-corrected chi connectivity index (χ2v) is 7.74. The van der Waals surface area contributed by atoms with E-state index >= 15 is 0 Å². The van der Waals surface area contributed by atoms with E-state index in [1.807, 2.05) is 7.05 Å². The largest absolute Gasteiger partial charge is 0.356 e. The van der Waals surface area contributed by atoms with Gasteiger partial charge in [-0.25, -0.2) is 0 Å². The van der Waals surface area contributed by atoms with E-state index in [0.717, 1.165) is 30.3 Å². The monoisotopic (exact) mass is 277 g/mol. The van der Waals surface area contributed by atoms with Gasteiger partial charge >= 0.3 is 0 Å². The quantitative estimate of drug-likeness (QED) is 0.634. The van der Waals surface area contributed by atoms with E-state index < -0.39 is 0 Å². The SMILES string of the molecule is CN=C(NCC1(C2CC2)CCC1)N1CC(C)CC(C)C1. The van der Waals surface area contributed by atoms with E-state index in [1.165, 1.54) is 51.6 Å². The van der Waals surface area contributed by atoms with Gasteiger partial charge in [-0.3, -0.25) is 4.99 Å². The molecule has 0 aromatic heterocycles. The van der Waals surface area contributed by atoms with E-state index in [0.29, 0.717) is 5.41 Å². The molecule has 114 valence electrons. The fraction of sp³-hybridized carbons (Fsp3) is 0.941. The highest BCUT2D eigenvalue weighted by Gasteiger charge is 2.48. The molecule has 3 nitrogen and oxygen atoms in total. The highest BCUT2D eigenvalue weighted by atomic mass is 15.3. The summed E-state index contributed by atoms with van der Waals surface area (Å²) in [6, 6.07) is 0. The van der Waals surface area contributed by atoms with Crippen LogP contribution in [0.15, 0.2) is 4.99 Å². The van der Waals surface area contributed by atoms with Crippen molar-refractivity contribution < 1.29 is 0 Å². The zero-order valence-electron chi connectivity index (χ0n) is 13.5. The smallest absolute Gasteiger partial charge is 0.193 e. The molecule has 0 radical (unpaired) electrons. The van der Waals surface area contributed by atoms with Crippen LogP contribution in [0, 0.1) is 23.2 Å². The van der Waals surface area contributed by atoms with Crippen LogP contribution in [-0.2, 0) is 0 Å². The van der Waals surface area contributed by atoms with Gasteiger partial charge in [0.2, 0.25) is 0 Å². The van der Waals surface area contributed by atoms with Crippen LogP contribution < -0.4 is 5.32 Å². The van der Waals surface area contributed by atoms with Crippen molar-refractivity contribution >= 4 is 5.96 Å². The highest BCUT2D eigenvalue weighted by Crippen LogP contribution is 2.56. The Morgan fingerprint density at radius 3 is 2.30 bits per heavy atom. The van der Waals surface area contributed by atoms with Gasteiger partial charge in [-0.2, -0.15) is 0 Å². The summed E-state index contributed by atoms with van der Waals surface area (Å²) >= 11 is 0. The van der Waals surface area contributed by atoms with Crippen LogP contribution in [0.5, 0.6) is 0 Å². The molecule has 20 heavy (non-hydrogen) atoms. The number of piperidine rings is 1. The summed E-state index contributed by atoms with van der Waals surface area (Å²) in [4.78, 5) is 7.04. The molecule has 0 aromatic rings. The summed E-state index contributed by atoms with van der Waals surface area (Å²) in [5.41, 5.74) is 0.628. The normalized spacial score (nSPS) is 33.8. The first kappa shape index (κ1) is 14.2. The van der Waals surface area contributed by atoms with Crippen molar-refractivity contribution in [1.82, 2.24) is 10.2 Å². The van der Waals surface area contributed by atoms with Crippen molar-refractivity contribution in [3.8, 4) is 0 Å². The van der Waals surface area contributed by atoms with Crippen molar-refractivity contribution in [2.45, 2.75) is 52.4 Å². The molecule has 0 bridgehead atoms. The molecule has 3 aliphatic rings. The minimum absolute atomic E-state index is 0.628. The van der Waals surface area contributed by atoms with Crippen molar-refractivity contribution in [1.29, 1.82) is 0 Å². The van der Waals surface area contributed by atoms with Gasteiger partial charge in [0.05, 0.1) is 0 Å². The maximum absolute atomic E-state index is 4.55. The molecule has 1 saturated heterocycles. The Morgan fingerprint density at radius 1 is 1.20 bits per heavy atom. The fourth-order valence-electron chi connectivity index (χ4n) is 4.48. The van der Waals surface area contributed by atoms with Gasteiger partial charge in [0, 0.05) is 26.7 Å². The Hall–Kier alpha value is -0.730. The molecule has 1 aliphatic heterocycles. The first-order chi connectivity index (χ1) is 9.63. The summed E-state index contributed by atoms with van der Waals surface area (Å²) in [5.74, 6) is 3.74. The van der Waals surface area contributed by atoms with Crippen molar-refractivity contribution in [2.24, 2.45) is 28.2 Å². The first-order valence-corrected chi connectivity index (χ1v) is 8.58. The lowest BCUT2D eigenvalue weighted by Gasteiger charge is -2.44. The lowest BCUT2D eigenvalue weighted by Crippen LogP contribution is -2.52. The predicted octanol–water partition coefficient (Wildman–Crippen LogP) is 3.12. The molecule has 2 aliphatic carbocycles. The number of rotatable bonds is 3. The van der Waals surface area contributed by atoms with Crippen molar-refractivity contribution in [3.63, 3.8) is 0 Å². The summed E-state index contributed by atoms with van der Waals surface area (Å²) in [7, 11) is 1.94. The van der Waals surface area contributed by atoms with Crippen molar-refractivity contribution in [3.05, 3.63) is 0 Å². The van der Waals surface area contributed by atoms with E-state index in [-0.39, 0.29) is 0 Å². The Labute approximate surface area is 124 Å². The third-order valence-electron chi connectivity index (χ3n) is 5.77. The van der Waals surface area contributed by atoms with Crippen molar-refractivity contribution in [2.75, 3.05) is 26.7 Å². The molecule has 2 unspecified atom stereocenters. The second-order valence-electron chi connectivity index (χ2n) is 7.74. The number of aliphatic imine (C=N–C) groups is 1. The standard InChI is InChI=1S/C17H31N3/c1-13-9-14(2)11-20(10-13)16(18-3)19-12-17(7-4-8-17)15-5-6-15/h13-15H,4-12H2,1-3H3,(H,18,19). The van der Waals surface area contributed by atoms with Crippen LogP contribution in [0.2, 0.25) is 0 Å². The molecule has 1 N–H and O–H groups in total. The lowest BCUT2D eigenvalue weighted by atomic mass is 9.65. The van der Waals surface area contributed by atoms with Crippen LogP contribution in [0.4, 0.5) is 0 Å². The van der Waals surface area contributed by atoms with E-state index in [1.54, 1.807) is 0 Å². The summed E-state index contributed by atoms with van der Waals surface area (Å²) in [6.07, 6.45) is 8.62. The third kappa shape index (κ3) is 2.82. The highest BCUT2D eigenvalue weighted by molar-refractivity contribution is 5.80. The Bertz CT molecular complexity index is 358. The number of likely N-dealkylation sites (tertiary alicyclic amines) is 1. The average Bonchev–Trinajstić information content (AvgIpc) is 3.16. The van der Waals surface area contributed by atoms with E-state index in [9.17, 15) is 0 Å². The molecule has 1 heterocycles. The van der Waals surface area contributed by atoms with Gasteiger partial charge in [-0.05, 0) is 55.3 Å². The molecule has 3 fully saturated rings. The maximum atomic E-state index is 4.55. The Balaban J connectivity index is 1.57. The summed E-state index contributed by atoms with van der Waals surface area (Å²) < 4.78 is 0. The van der Waals surface area contributed by atoms with E-state index in [2.05, 4.69) is 29.1 Å². The van der Waals surface area contributed by atoms with Crippen LogP contribution in [0.3, 0.4) is 0 Å². The van der Waals surface area contributed by atoms with Crippen LogP contribution in [0.25, 0.3) is 0 Å². The topological polar surface area (TPSA) is 27.6 Å². The molecule has 0 amide bonds. The second kappa shape index (κ2) is 5.57. The number of nitrogens with one attached hydrogen (secondary N) is 1. The number of hydrogen-bond donors (Lipinski definition) is 1. The number of guanidine groups is 1. The van der Waals surface area contributed by atoms with Gasteiger partial charge < -0.3 is 10.2 Å². The number of nitrogens with zero attached hydrogens (tertiary/aromatic N) is 2. The molecule has 2 saturated carbocycles. The zero-order chi connectivity index (χ0) is 14.2. The summed E-state index contributed by atoms with van der Waals surface area (Å²) in [5, 5.41) is 3.72. The maximum Gasteiger partial charge on any atom is 0.193 e. The Kier molecular flexibility index (Phi) is 3.96. The minimum Gasteiger partial charge on any atom is -0.356 e. The lowest BCUT2D eigenvalue weighted by molar-refractivity contribution is 0.103. The molecular formula is C17H31N3. The zero-order valence-corrected chi connectivity index (χ0v) is 13.5. The average molecular weight is 277 g/mol. The molecule has 3 rings (SSSR count). The van der Waals surface area contributed by atoms with Crippen LogP contribution in [-0.4, -0.2) is 37.5 Å². The van der Waals surface area contributed by atoms with Gasteiger partial charge in [0.1, 0.15) is 0 Å². The molecule has 0 spiro atoms. The molecule has 3 heteroatoms. The summed E-state index contributed by atoms with van der Waals surface area (Å²) in [6.45, 7) is 8.23. The van der Waals surface area contributed by atoms with Gasteiger partial charge in [0.25, 0.3) is 0 Å². The van der Waals surface area contributed by atoms with Crippen LogP contribution >= 0.6 is 0 Å². The van der Waals surface area contributed by atoms with Gasteiger partial charge in [-0.15, -0.1) is 0 Å². The third-order valence-corrected chi connectivity index (χ3v) is 5.77. The van der Waals surface area contributed by atoms with E-state index in [4.69, 9.17) is 0 Å². The molecule has 0 aromatic carbocycles. The molecular weight excluding hydrogens is 246 g/mol. The fourth-order valence-corrected chi connectivity index (χ4v) is 4.48.